The van der Waals surface area contributed by atoms with Crippen LogP contribution >= 0.6 is 22.9 Å². The van der Waals surface area contributed by atoms with Gasteiger partial charge in [-0.3, -0.25) is 4.79 Å². The summed E-state index contributed by atoms with van der Waals surface area (Å²) in [4.78, 5) is 12.8. The van der Waals surface area contributed by atoms with Gasteiger partial charge in [0.1, 0.15) is 5.78 Å². The lowest BCUT2D eigenvalue weighted by Crippen LogP contribution is -2.19. The highest BCUT2D eigenvalue weighted by molar-refractivity contribution is 7.16. The lowest BCUT2D eigenvalue weighted by molar-refractivity contribution is -0.121. The van der Waals surface area contributed by atoms with Gasteiger partial charge in [-0.25, -0.2) is 0 Å². The molecule has 1 atom stereocenters. The van der Waals surface area contributed by atoms with Crippen LogP contribution < -0.4 is 5.32 Å². The molecule has 0 saturated carbocycles. The Morgan fingerprint density at radius 1 is 1.64 bits per heavy atom. The Bertz CT molecular complexity index is 331. The molecule has 0 aromatic carbocycles. The second kappa shape index (κ2) is 4.43. The van der Waals surface area contributed by atoms with Crippen molar-refractivity contribution in [2.75, 3.05) is 13.1 Å². The second-order valence-electron chi connectivity index (χ2n) is 3.54. The molecule has 1 N–H and O–H groups in total. The third-order valence-electron chi connectivity index (χ3n) is 2.49. The lowest BCUT2D eigenvalue weighted by Gasteiger charge is -2.04. The molecular weight excluding hydrogens is 218 g/mol. The summed E-state index contributed by atoms with van der Waals surface area (Å²) in [5.41, 5.74) is 0. The number of carbonyl (C=O) groups excluding carboxylic acids is 1. The number of halogens is 1. The molecule has 2 rings (SSSR count). The monoisotopic (exact) mass is 229 g/mol. The minimum atomic E-state index is 0.218. The molecule has 1 aliphatic rings. The van der Waals surface area contributed by atoms with Gasteiger partial charge < -0.3 is 5.32 Å². The Morgan fingerprint density at radius 3 is 3.07 bits per heavy atom. The third-order valence-corrected chi connectivity index (χ3v) is 3.72. The highest BCUT2D eigenvalue weighted by atomic mass is 35.5. The number of rotatable bonds is 3. The van der Waals surface area contributed by atoms with Gasteiger partial charge in [-0.15, -0.1) is 11.3 Å². The normalized spacial score (nSPS) is 21.4. The van der Waals surface area contributed by atoms with E-state index in [9.17, 15) is 4.79 Å². The Balaban J connectivity index is 1.93. The fraction of sp³-hybridized carbons (Fsp3) is 0.500. The second-order valence-corrected chi connectivity index (χ2v) is 5.34. The predicted molar refractivity (Wildman–Crippen MR) is 59.0 cm³/mol. The summed E-state index contributed by atoms with van der Waals surface area (Å²) >= 11 is 7.30. The average Bonchev–Trinajstić information content (AvgIpc) is 2.75. The fourth-order valence-corrected chi connectivity index (χ4v) is 2.79. The van der Waals surface area contributed by atoms with Crippen LogP contribution in [0.25, 0.3) is 0 Å². The largest absolute Gasteiger partial charge is 0.316 e. The van der Waals surface area contributed by atoms with Crippen LogP contribution in [0.3, 0.4) is 0 Å². The van der Waals surface area contributed by atoms with Gasteiger partial charge in [0.05, 0.1) is 4.34 Å². The molecule has 76 valence electrons. The number of ketones is 1. The molecular formula is C10H12ClNOS. The van der Waals surface area contributed by atoms with Crippen molar-refractivity contribution in [3.8, 4) is 0 Å². The molecule has 0 amide bonds. The molecule has 1 saturated heterocycles. The molecule has 1 unspecified atom stereocenters. The summed E-state index contributed by atoms with van der Waals surface area (Å²) in [7, 11) is 0. The first-order valence-electron chi connectivity index (χ1n) is 4.73. The number of hydrogen-bond acceptors (Lipinski definition) is 3. The van der Waals surface area contributed by atoms with Crippen molar-refractivity contribution in [3.05, 3.63) is 21.3 Å². The maximum Gasteiger partial charge on any atom is 0.142 e. The molecule has 14 heavy (non-hydrogen) atoms. The standard InChI is InChI=1S/C10H12ClNOS/c11-10-2-1-8(14-10)5-9(13)7-3-4-12-6-7/h1-2,7,12H,3-6H2. The molecule has 1 aromatic heterocycles. The maximum atomic E-state index is 11.7. The van der Waals surface area contributed by atoms with E-state index >= 15 is 0 Å². The van der Waals surface area contributed by atoms with E-state index in [1.54, 1.807) is 0 Å². The van der Waals surface area contributed by atoms with E-state index in [1.165, 1.54) is 11.3 Å². The molecule has 0 aliphatic carbocycles. The summed E-state index contributed by atoms with van der Waals surface area (Å²) in [6.07, 6.45) is 1.53. The zero-order chi connectivity index (χ0) is 9.97. The Kier molecular flexibility index (Phi) is 3.21. The molecule has 0 bridgehead atoms. The van der Waals surface area contributed by atoms with Gasteiger partial charge in [0, 0.05) is 23.8 Å². The lowest BCUT2D eigenvalue weighted by atomic mass is 10.0. The number of hydrogen-bond donors (Lipinski definition) is 1. The maximum absolute atomic E-state index is 11.7. The van der Waals surface area contributed by atoms with E-state index in [4.69, 9.17) is 11.6 Å². The molecule has 1 aromatic rings. The van der Waals surface area contributed by atoms with Crippen LogP contribution in [0.2, 0.25) is 4.34 Å². The minimum absolute atomic E-state index is 0.218. The molecule has 2 nitrogen and oxygen atoms in total. The highest BCUT2D eigenvalue weighted by Crippen LogP contribution is 2.23. The van der Waals surface area contributed by atoms with E-state index in [2.05, 4.69) is 5.32 Å². The summed E-state index contributed by atoms with van der Waals surface area (Å²) in [5, 5.41) is 3.20. The van der Waals surface area contributed by atoms with Crippen molar-refractivity contribution in [2.45, 2.75) is 12.8 Å². The van der Waals surface area contributed by atoms with Gasteiger partial charge in [-0.2, -0.15) is 0 Å². The van der Waals surface area contributed by atoms with E-state index < -0.39 is 0 Å². The molecule has 1 fully saturated rings. The van der Waals surface area contributed by atoms with Gasteiger partial charge in [-0.1, -0.05) is 11.6 Å². The van der Waals surface area contributed by atoms with Crippen molar-refractivity contribution in [2.24, 2.45) is 5.92 Å². The van der Waals surface area contributed by atoms with E-state index in [0.29, 0.717) is 12.2 Å². The van der Waals surface area contributed by atoms with Crippen molar-refractivity contribution < 1.29 is 4.79 Å². The number of carbonyl (C=O) groups is 1. The zero-order valence-corrected chi connectivity index (χ0v) is 9.33. The summed E-state index contributed by atoms with van der Waals surface area (Å²) < 4.78 is 0.761. The van der Waals surface area contributed by atoms with Crippen LogP contribution in [-0.4, -0.2) is 18.9 Å². The number of thiophene rings is 1. The topological polar surface area (TPSA) is 29.1 Å². The Labute approximate surface area is 92.3 Å². The smallest absolute Gasteiger partial charge is 0.142 e. The predicted octanol–water partition coefficient (Wildman–Crippen LogP) is 2.12. The van der Waals surface area contributed by atoms with Gasteiger partial charge in [0.2, 0.25) is 0 Å². The fourth-order valence-electron chi connectivity index (χ4n) is 1.69. The van der Waals surface area contributed by atoms with E-state index in [-0.39, 0.29) is 5.92 Å². The Morgan fingerprint density at radius 2 is 2.50 bits per heavy atom. The molecule has 0 radical (unpaired) electrons. The minimum Gasteiger partial charge on any atom is -0.316 e. The summed E-state index contributed by atoms with van der Waals surface area (Å²) in [6, 6.07) is 3.79. The number of nitrogens with one attached hydrogen (secondary N) is 1. The van der Waals surface area contributed by atoms with Crippen LogP contribution in [0.4, 0.5) is 0 Å². The third kappa shape index (κ3) is 2.35. The first-order valence-corrected chi connectivity index (χ1v) is 5.93. The van der Waals surface area contributed by atoms with Crippen LogP contribution in [0.1, 0.15) is 11.3 Å². The van der Waals surface area contributed by atoms with Crippen LogP contribution in [0, 0.1) is 5.92 Å². The van der Waals surface area contributed by atoms with E-state index in [0.717, 1.165) is 28.7 Å². The first-order chi connectivity index (χ1) is 6.75. The quantitative estimate of drug-likeness (QED) is 0.861. The summed E-state index contributed by atoms with van der Waals surface area (Å²) in [5.74, 6) is 0.560. The molecule has 2 heterocycles. The van der Waals surface area contributed by atoms with E-state index in [1.807, 2.05) is 12.1 Å². The average molecular weight is 230 g/mol. The van der Waals surface area contributed by atoms with Gasteiger partial charge in [-0.05, 0) is 25.1 Å². The Hall–Kier alpha value is -0.380. The van der Waals surface area contributed by atoms with Crippen LogP contribution in [0.5, 0.6) is 0 Å². The van der Waals surface area contributed by atoms with Crippen molar-refractivity contribution in [3.63, 3.8) is 0 Å². The van der Waals surface area contributed by atoms with Crippen molar-refractivity contribution in [1.82, 2.24) is 5.32 Å². The van der Waals surface area contributed by atoms with Gasteiger partial charge >= 0.3 is 0 Å². The molecule has 4 heteroatoms. The summed E-state index contributed by atoms with van der Waals surface area (Å²) in [6.45, 7) is 1.82. The first kappa shape index (κ1) is 10.1. The molecule has 1 aliphatic heterocycles. The zero-order valence-electron chi connectivity index (χ0n) is 7.75. The van der Waals surface area contributed by atoms with Crippen LogP contribution in [-0.2, 0) is 11.2 Å². The van der Waals surface area contributed by atoms with Crippen molar-refractivity contribution in [1.29, 1.82) is 0 Å². The number of Topliss-reactive ketones (excluding diaryl/α,β-unsaturated/α-hetero) is 1. The molecule has 0 spiro atoms. The SMILES string of the molecule is O=C(Cc1ccc(Cl)s1)C1CCNC1. The highest BCUT2D eigenvalue weighted by Gasteiger charge is 2.22. The van der Waals surface area contributed by atoms with Crippen molar-refractivity contribution >= 4 is 28.7 Å². The van der Waals surface area contributed by atoms with Gasteiger partial charge in [0.15, 0.2) is 0 Å². The van der Waals surface area contributed by atoms with Crippen LogP contribution in [0.15, 0.2) is 12.1 Å². The van der Waals surface area contributed by atoms with Gasteiger partial charge in [0.25, 0.3) is 0 Å².